The Bertz CT molecular complexity index is 645. The van der Waals surface area contributed by atoms with E-state index in [2.05, 4.69) is 25.9 Å². The number of aryl methyl sites for hydroxylation is 2. The molecule has 0 bridgehead atoms. The Balaban J connectivity index is 2.37. The molecule has 2 rings (SSSR count). The van der Waals surface area contributed by atoms with Crippen LogP contribution in [-0.2, 0) is 11.2 Å². The van der Waals surface area contributed by atoms with Crippen LogP contribution in [0.4, 0.5) is 0 Å². The minimum absolute atomic E-state index is 0.440. The third-order valence-electron chi connectivity index (χ3n) is 3.45. The first kappa shape index (κ1) is 15.6. The van der Waals surface area contributed by atoms with E-state index in [-0.39, 0.29) is 0 Å². The van der Waals surface area contributed by atoms with Gasteiger partial charge < -0.3 is 5.11 Å². The lowest BCUT2D eigenvalue weighted by Gasteiger charge is -2.13. The predicted octanol–water partition coefficient (Wildman–Crippen LogP) is 3.79. The van der Waals surface area contributed by atoms with E-state index in [0.29, 0.717) is 12.2 Å². The topological polar surface area (TPSA) is 63.1 Å². The van der Waals surface area contributed by atoms with Crippen molar-refractivity contribution in [1.82, 2.24) is 9.97 Å². The standard InChI is InChI=1S/C16H17BrN2O2/c1-9(16(20)21)8-14-10(2)18-15(19-11(14)3)12-4-6-13(17)7-5-12/h4-7,9H,8H2,1-3H3,(H,20,21). The van der Waals surface area contributed by atoms with Crippen molar-refractivity contribution in [2.75, 3.05) is 0 Å². The monoisotopic (exact) mass is 348 g/mol. The van der Waals surface area contributed by atoms with Gasteiger partial charge in [-0.15, -0.1) is 0 Å². The molecule has 2 aromatic rings. The Labute approximate surface area is 132 Å². The van der Waals surface area contributed by atoms with Gasteiger partial charge in [0.05, 0.1) is 5.92 Å². The first-order valence-electron chi connectivity index (χ1n) is 6.71. The highest BCUT2D eigenvalue weighted by Gasteiger charge is 2.17. The van der Waals surface area contributed by atoms with Gasteiger partial charge in [0.25, 0.3) is 0 Å². The number of rotatable bonds is 4. The molecule has 0 amide bonds. The molecule has 0 saturated heterocycles. The molecule has 0 radical (unpaired) electrons. The first-order chi connectivity index (χ1) is 9.88. The summed E-state index contributed by atoms with van der Waals surface area (Å²) in [7, 11) is 0. The van der Waals surface area contributed by atoms with Crippen LogP contribution in [0.3, 0.4) is 0 Å². The second-order valence-electron chi connectivity index (χ2n) is 5.15. The Kier molecular flexibility index (Phi) is 4.73. The van der Waals surface area contributed by atoms with E-state index < -0.39 is 11.9 Å². The fraction of sp³-hybridized carbons (Fsp3) is 0.312. The highest BCUT2D eigenvalue weighted by molar-refractivity contribution is 9.10. The van der Waals surface area contributed by atoms with Gasteiger partial charge in [-0.3, -0.25) is 4.79 Å². The summed E-state index contributed by atoms with van der Waals surface area (Å²) in [6, 6.07) is 7.81. The molecule has 0 aliphatic rings. The van der Waals surface area contributed by atoms with Crippen LogP contribution in [-0.4, -0.2) is 21.0 Å². The van der Waals surface area contributed by atoms with E-state index in [9.17, 15) is 4.79 Å². The summed E-state index contributed by atoms with van der Waals surface area (Å²) in [5, 5.41) is 9.04. The van der Waals surface area contributed by atoms with Crippen molar-refractivity contribution in [1.29, 1.82) is 0 Å². The molecule has 5 heteroatoms. The van der Waals surface area contributed by atoms with Crippen molar-refractivity contribution in [3.8, 4) is 11.4 Å². The first-order valence-corrected chi connectivity index (χ1v) is 7.50. The summed E-state index contributed by atoms with van der Waals surface area (Å²) >= 11 is 3.40. The van der Waals surface area contributed by atoms with E-state index in [0.717, 1.165) is 27.0 Å². The summed E-state index contributed by atoms with van der Waals surface area (Å²) < 4.78 is 1.01. The van der Waals surface area contributed by atoms with Crippen LogP contribution in [0.2, 0.25) is 0 Å². The zero-order valence-electron chi connectivity index (χ0n) is 12.2. The minimum atomic E-state index is -0.800. The summed E-state index contributed by atoms with van der Waals surface area (Å²) in [5.41, 5.74) is 3.55. The number of benzene rings is 1. The molecule has 0 spiro atoms. The molecule has 1 unspecified atom stereocenters. The second-order valence-corrected chi connectivity index (χ2v) is 6.06. The lowest BCUT2D eigenvalue weighted by Crippen LogP contribution is -2.15. The number of aromatic nitrogens is 2. The smallest absolute Gasteiger partial charge is 0.306 e. The van der Waals surface area contributed by atoms with Gasteiger partial charge >= 0.3 is 5.97 Å². The van der Waals surface area contributed by atoms with Crippen LogP contribution in [0.5, 0.6) is 0 Å². The molecular weight excluding hydrogens is 332 g/mol. The third-order valence-corrected chi connectivity index (χ3v) is 3.98. The fourth-order valence-electron chi connectivity index (χ4n) is 2.16. The molecule has 1 aromatic carbocycles. The number of carboxylic acids is 1. The quantitative estimate of drug-likeness (QED) is 0.912. The number of halogens is 1. The van der Waals surface area contributed by atoms with Gasteiger partial charge in [0.1, 0.15) is 0 Å². The van der Waals surface area contributed by atoms with E-state index in [1.54, 1.807) is 6.92 Å². The molecule has 110 valence electrons. The Hall–Kier alpha value is -1.75. The van der Waals surface area contributed by atoms with Gasteiger partial charge in [0.15, 0.2) is 5.82 Å². The zero-order valence-corrected chi connectivity index (χ0v) is 13.8. The average Bonchev–Trinajstić information content (AvgIpc) is 2.43. The normalized spacial score (nSPS) is 12.2. The molecule has 21 heavy (non-hydrogen) atoms. The largest absolute Gasteiger partial charge is 0.481 e. The summed E-state index contributed by atoms with van der Waals surface area (Å²) in [5.74, 6) is -0.570. The maximum atomic E-state index is 11.0. The molecule has 1 N–H and O–H groups in total. The van der Waals surface area contributed by atoms with E-state index in [4.69, 9.17) is 5.11 Å². The highest BCUT2D eigenvalue weighted by atomic mass is 79.9. The van der Waals surface area contributed by atoms with Gasteiger partial charge in [0.2, 0.25) is 0 Å². The second kappa shape index (κ2) is 6.35. The Morgan fingerprint density at radius 1 is 1.19 bits per heavy atom. The maximum Gasteiger partial charge on any atom is 0.306 e. The van der Waals surface area contributed by atoms with Crippen LogP contribution in [0.15, 0.2) is 28.7 Å². The fourth-order valence-corrected chi connectivity index (χ4v) is 2.42. The molecule has 1 heterocycles. The van der Waals surface area contributed by atoms with E-state index >= 15 is 0 Å². The SMILES string of the molecule is Cc1nc(-c2ccc(Br)cc2)nc(C)c1CC(C)C(=O)O. The number of carboxylic acid groups (broad SMARTS) is 1. The number of hydrogen-bond donors (Lipinski definition) is 1. The van der Waals surface area contributed by atoms with Crippen LogP contribution in [0, 0.1) is 19.8 Å². The summed E-state index contributed by atoms with van der Waals surface area (Å²) in [6.07, 6.45) is 0.452. The molecule has 1 aromatic heterocycles. The molecule has 0 fully saturated rings. The lowest BCUT2D eigenvalue weighted by molar-refractivity contribution is -0.141. The Morgan fingerprint density at radius 2 is 1.71 bits per heavy atom. The van der Waals surface area contributed by atoms with Gasteiger partial charge in [-0.05, 0) is 38.0 Å². The lowest BCUT2D eigenvalue weighted by atomic mass is 9.99. The number of carbonyl (C=O) groups is 1. The highest BCUT2D eigenvalue weighted by Crippen LogP contribution is 2.22. The van der Waals surface area contributed by atoms with Gasteiger partial charge in [-0.2, -0.15) is 0 Å². The van der Waals surface area contributed by atoms with Crippen molar-refractivity contribution in [3.63, 3.8) is 0 Å². The summed E-state index contributed by atoms with van der Waals surface area (Å²) in [4.78, 5) is 20.1. The van der Waals surface area contributed by atoms with Crippen LogP contribution < -0.4 is 0 Å². The predicted molar refractivity (Wildman–Crippen MR) is 85.1 cm³/mol. The molecular formula is C16H17BrN2O2. The van der Waals surface area contributed by atoms with Crippen LogP contribution in [0.25, 0.3) is 11.4 Å². The maximum absolute atomic E-state index is 11.0. The molecule has 0 aliphatic carbocycles. The zero-order chi connectivity index (χ0) is 15.6. The van der Waals surface area contributed by atoms with Gasteiger partial charge in [-0.25, -0.2) is 9.97 Å². The van der Waals surface area contributed by atoms with E-state index in [1.165, 1.54) is 0 Å². The van der Waals surface area contributed by atoms with Gasteiger partial charge in [-0.1, -0.05) is 35.0 Å². The van der Waals surface area contributed by atoms with Crippen molar-refractivity contribution in [2.45, 2.75) is 27.2 Å². The number of hydrogen-bond acceptors (Lipinski definition) is 3. The number of aliphatic carboxylic acids is 1. The van der Waals surface area contributed by atoms with Crippen LogP contribution >= 0.6 is 15.9 Å². The summed E-state index contributed by atoms with van der Waals surface area (Å²) in [6.45, 7) is 5.51. The molecule has 4 nitrogen and oxygen atoms in total. The molecule has 0 saturated carbocycles. The van der Waals surface area contributed by atoms with Crippen LogP contribution in [0.1, 0.15) is 23.9 Å². The van der Waals surface area contributed by atoms with Gasteiger partial charge in [0, 0.05) is 21.4 Å². The number of nitrogens with zero attached hydrogens (tertiary/aromatic N) is 2. The van der Waals surface area contributed by atoms with Crippen molar-refractivity contribution < 1.29 is 9.90 Å². The van der Waals surface area contributed by atoms with Crippen molar-refractivity contribution >= 4 is 21.9 Å². The van der Waals surface area contributed by atoms with E-state index in [1.807, 2.05) is 38.1 Å². The average molecular weight is 349 g/mol. The Morgan fingerprint density at radius 3 is 2.19 bits per heavy atom. The third kappa shape index (κ3) is 3.67. The minimum Gasteiger partial charge on any atom is -0.481 e. The van der Waals surface area contributed by atoms with Crippen molar-refractivity contribution in [3.05, 3.63) is 45.7 Å². The molecule has 1 atom stereocenters. The van der Waals surface area contributed by atoms with Crippen molar-refractivity contribution in [2.24, 2.45) is 5.92 Å². The molecule has 0 aliphatic heterocycles.